The summed E-state index contributed by atoms with van der Waals surface area (Å²) in [5, 5.41) is 0. The van der Waals surface area contributed by atoms with Crippen LogP contribution in [0.15, 0.2) is 54.7 Å². The molecular weight excluding hydrogens is 332 g/mol. The Morgan fingerprint density at radius 1 is 1.19 bits per heavy atom. The van der Waals surface area contributed by atoms with Crippen molar-refractivity contribution in [3.05, 3.63) is 70.0 Å². The molecule has 1 heteroatoms. The maximum atomic E-state index is 4.15. The Morgan fingerprint density at radius 2 is 1.81 bits per heavy atom. The molecule has 0 amide bonds. The minimum Gasteiger partial charge on any atom is -0.136 e. The van der Waals surface area contributed by atoms with Gasteiger partial charge in [0.2, 0.25) is 0 Å². The second kappa shape index (κ2) is 11.2. The molecule has 1 rings (SSSR count). The van der Waals surface area contributed by atoms with Crippen LogP contribution in [0.1, 0.15) is 75.6 Å². The molecule has 142 valence electrons. The third kappa shape index (κ3) is 5.71. The Labute approximate surface area is 165 Å². The minimum absolute atomic E-state index is 0.596. The molecule has 0 fully saturated rings. The molecule has 0 radical (unpaired) electrons. The van der Waals surface area contributed by atoms with Crippen LogP contribution in [0.2, 0.25) is 0 Å². The van der Waals surface area contributed by atoms with Crippen LogP contribution in [0.5, 0.6) is 0 Å². The number of allylic oxidation sites excluding steroid dienone is 8. The fraction of sp³-hybridized carbons (Fsp3) is 0.440. The fourth-order valence-electron chi connectivity index (χ4n) is 3.52. The lowest BCUT2D eigenvalue weighted by Crippen LogP contribution is -2.06. The quantitative estimate of drug-likeness (QED) is 0.362. The number of thiophene rings is 1. The van der Waals surface area contributed by atoms with Crippen molar-refractivity contribution in [3.63, 3.8) is 0 Å². The van der Waals surface area contributed by atoms with Gasteiger partial charge in [-0.05, 0) is 80.4 Å². The van der Waals surface area contributed by atoms with Crippen LogP contribution < -0.4 is 0 Å². The highest BCUT2D eigenvalue weighted by molar-refractivity contribution is 7.14. The van der Waals surface area contributed by atoms with Crippen molar-refractivity contribution < 1.29 is 0 Å². The van der Waals surface area contributed by atoms with Crippen LogP contribution in [-0.4, -0.2) is 0 Å². The van der Waals surface area contributed by atoms with Crippen molar-refractivity contribution in [1.82, 2.24) is 0 Å². The van der Waals surface area contributed by atoms with E-state index in [-0.39, 0.29) is 0 Å². The van der Waals surface area contributed by atoms with Gasteiger partial charge in [0, 0.05) is 9.75 Å². The highest BCUT2D eigenvalue weighted by Gasteiger charge is 2.22. The molecular formula is C25H36S. The molecule has 0 aromatic carbocycles. The molecule has 1 aromatic heterocycles. The topological polar surface area (TPSA) is 0 Å². The Balaban J connectivity index is 3.71. The first-order chi connectivity index (χ1) is 12.4. The first kappa shape index (κ1) is 22.4. The zero-order valence-corrected chi connectivity index (χ0v) is 18.4. The SMILES string of the molecule is C=C/C=C(\C=C/C)C(/C)=C(/c1sc(C(=C)C)cc1C)C(CCC)CCC. The summed E-state index contributed by atoms with van der Waals surface area (Å²) in [7, 11) is 0. The zero-order valence-electron chi connectivity index (χ0n) is 17.6. The number of rotatable bonds is 10. The first-order valence-corrected chi connectivity index (χ1v) is 10.7. The third-order valence-electron chi connectivity index (χ3n) is 4.75. The van der Waals surface area contributed by atoms with Crippen LogP contribution >= 0.6 is 11.3 Å². The second-order valence-corrected chi connectivity index (χ2v) is 8.13. The van der Waals surface area contributed by atoms with Crippen molar-refractivity contribution in [2.75, 3.05) is 0 Å². The summed E-state index contributed by atoms with van der Waals surface area (Å²) in [6.45, 7) is 21.4. The van der Waals surface area contributed by atoms with Crippen molar-refractivity contribution in [2.45, 2.75) is 67.2 Å². The van der Waals surface area contributed by atoms with E-state index in [1.54, 1.807) is 0 Å². The predicted octanol–water partition coefficient (Wildman–Crippen LogP) is 8.77. The van der Waals surface area contributed by atoms with Crippen LogP contribution in [0.4, 0.5) is 0 Å². The lowest BCUT2D eigenvalue weighted by molar-refractivity contribution is 0.543. The van der Waals surface area contributed by atoms with Gasteiger partial charge in [0.15, 0.2) is 0 Å². The summed E-state index contributed by atoms with van der Waals surface area (Å²) in [6, 6.07) is 2.30. The summed E-state index contributed by atoms with van der Waals surface area (Å²) in [4.78, 5) is 2.74. The molecule has 0 aliphatic rings. The van der Waals surface area contributed by atoms with Crippen molar-refractivity contribution >= 4 is 22.5 Å². The molecule has 0 saturated heterocycles. The second-order valence-electron chi connectivity index (χ2n) is 7.07. The lowest BCUT2D eigenvalue weighted by Gasteiger charge is -2.23. The van der Waals surface area contributed by atoms with Gasteiger partial charge in [0.25, 0.3) is 0 Å². The highest BCUT2D eigenvalue weighted by Crippen LogP contribution is 2.42. The smallest absolute Gasteiger partial charge is 0.0343 e. The number of hydrogen-bond donors (Lipinski definition) is 0. The van der Waals surface area contributed by atoms with Crippen LogP contribution in [0.25, 0.3) is 11.1 Å². The Hall–Kier alpha value is -1.60. The van der Waals surface area contributed by atoms with Gasteiger partial charge in [0.1, 0.15) is 0 Å². The highest BCUT2D eigenvalue weighted by atomic mass is 32.1. The van der Waals surface area contributed by atoms with E-state index in [1.165, 1.54) is 57.7 Å². The van der Waals surface area contributed by atoms with Crippen molar-refractivity contribution in [3.8, 4) is 0 Å². The summed E-state index contributed by atoms with van der Waals surface area (Å²) >= 11 is 1.90. The Kier molecular flexibility index (Phi) is 9.65. The van der Waals surface area contributed by atoms with E-state index in [9.17, 15) is 0 Å². The standard InChI is InChI=1S/C25H36S/c1-9-13-21(14-10-2)20(8)24(22(15-11-3)16-12-4)25-19(7)17-23(26-25)18(5)6/h9-10,13-14,17,22H,1,5,11-12,15-16H2,2-4,6-8H3/b14-10-,21-13+,24-20+. The van der Waals surface area contributed by atoms with Crippen LogP contribution in [-0.2, 0) is 0 Å². The summed E-state index contributed by atoms with van der Waals surface area (Å²) in [5.41, 5.74) is 6.69. The molecule has 1 heterocycles. The van der Waals surface area contributed by atoms with Gasteiger partial charge in [-0.2, -0.15) is 0 Å². The molecule has 0 nitrogen and oxygen atoms in total. The molecule has 0 atom stereocenters. The van der Waals surface area contributed by atoms with E-state index in [4.69, 9.17) is 0 Å². The largest absolute Gasteiger partial charge is 0.136 e. The van der Waals surface area contributed by atoms with Gasteiger partial charge in [-0.3, -0.25) is 0 Å². The van der Waals surface area contributed by atoms with E-state index < -0.39 is 0 Å². The third-order valence-corrected chi connectivity index (χ3v) is 6.18. The average Bonchev–Trinajstić information content (AvgIpc) is 2.97. The molecule has 0 bridgehead atoms. The molecule has 0 aliphatic heterocycles. The van der Waals surface area contributed by atoms with E-state index >= 15 is 0 Å². The fourth-order valence-corrected chi connectivity index (χ4v) is 4.80. The molecule has 0 aliphatic carbocycles. The summed E-state index contributed by atoms with van der Waals surface area (Å²) < 4.78 is 0. The molecule has 0 spiro atoms. The van der Waals surface area contributed by atoms with E-state index in [2.05, 4.69) is 79.0 Å². The van der Waals surface area contributed by atoms with Crippen molar-refractivity contribution in [2.24, 2.45) is 5.92 Å². The van der Waals surface area contributed by atoms with E-state index in [1.807, 2.05) is 17.4 Å². The van der Waals surface area contributed by atoms with Gasteiger partial charge in [0.05, 0.1) is 0 Å². The molecule has 0 N–H and O–H groups in total. The summed E-state index contributed by atoms with van der Waals surface area (Å²) in [5.74, 6) is 0.596. The van der Waals surface area contributed by atoms with Crippen molar-refractivity contribution in [1.29, 1.82) is 0 Å². The van der Waals surface area contributed by atoms with Gasteiger partial charge in [-0.1, -0.05) is 64.2 Å². The first-order valence-electron chi connectivity index (χ1n) is 9.84. The van der Waals surface area contributed by atoms with Gasteiger partial charge < -0.3 is 0 Å². The molecule has 26 heavy (non-hydrogen) atoms. The van der Waals surface area contributed by atoms with E-state index in [0.717, 1.165) is 5.57 Å². The average molecular weight is 369 g/mol. The Morgan fingerprint density at radius 3 is 2.23 bits per heavy atom. The number of aryl methyl sites for hydroxylation is 1. The normalized spacial score (nSPS) is 13.4. The van der Waals surface area contributed by atoms with Gasteiger partial charge in [-0.25, -0.2) is 0 Å². The lowest BCUT2D eigenvalue weighted by atomic mass is 9.83. The molecule has 1 aromatic rings. The predicted molar refractivity (Wildman–Crippen MR) is 123 cm³/mol. The maximum absolute atomic E-state index is 4.15. The number of hydrogen-bond acceptors (Lipinski definition) is 1. The monoisotopic (exact) mass is 368 g/mol. The van der Waals surface area contributed by atoms with Gasteiger partial charge in [-0.15, -0.1) is 11.3 Å². The zero-order chi connectivity index (χ0) is 19.7. The van der Waals surface area contributed by atoms with Crippen LogP contribution in [0.3, 0.4) is 0 Å². The summed E-state index contributed by atoms with van der Waals surface area (Å²) in [6.07, 6.45) is 13.2. The molecule has 0 unspecified atom stereocenters. The Bertz CT molecular complexity index is 701. The van der Waals surface area contributed by atoms with Gasteiger partial charge >= 0.3 is 0 Å². The maximum Gasteiger partial charge on any atom is 0.0343 e. The molecule has 0 saturated carbocycles. The minimum atomic E-state index is 0.596. The van der Waals surface area contributed by atoms with E-state index in [0.29, 0.717) is 5.92 Å². The van der Waals surface area contributed by atoms with Crippen LogP contribution in [0, 0.1) is 12.8 Å².